The molecule has 4 aliphatic rings. The zero-order valence-corrected chi connectivity index (χ0v) is 74.1. The lowest BCUT2D eigenvalue weighted by Crippen LogP contribution is -2.61. The molecule has 38 nitrogen and oxygen atoms in total. The Morgan fingerprint density at radius 3 is 1.55 bits per heavy atom. The third kappa shape index (κ3) is 25.7. The number of aliphatic hydroxyl groups excluding tert-OH is 1. The van der Waals surface area contributed by atoms with Crippen LogP contribution in [0.2, 0.25) is 0 Å². The molecule has 6 heterocycles. The fraction of sp³-hybridized carbons (Fsp3) is 0.573. The number of aromatic nitrogens is 2. The SMILES string of the molecule is CCCC[C@H]1C(=O)N(C)[C@@H](CCCC)C(=O)N[C@@H](CC(C)C)C(=O)N2CCC[C@@H]2C(=O)NCC(=O)N[C@@H](Cc2ccc(O)cc2)C(=O)N(C)[C@@H](C)C(=O)N[C@@H](CC(N)=O)C(=O)N2CCC[C@H]2C(=O)N[C@@H](CN)C(=O)N[C@@H](CC(C)C)C(=O)C2N[C@@H](C[C@H]2O)C(=O)N[C@@H](Cc2c[nH]c3ccccc23)C(=O)N[C@@H](CCN)C(=O)N[C@@H](Cc2c[nH]c3ccccc23)C(=O)N1C. The number of carbonyl (C=O) groups is 16. The van der Waals surface area contributed by atoms with E-state index in [1.165, 1.54) is 67.0 Å². The summed E-state index contributed by atoms with van der Waals surface area (Å²) in [4.78, 5) is 248. The number of H-pyrrole nitrogens is 2. The molecule has 9 rings (SSSR count). The smallest absolute Gasteiger partial charge is 0.246 e. The number of likely N-dealkylation sites (N-methyl/N-ethyl adjacent to an activating group) is 3. The second-order valence-electron chi connectivity index (χ2n) is 34.6. The molecule has 4 fully saturated rings. The number of aromatic hydroxyl groups is 1. The number of amides is 15. The highest BCUT2D eigenvalue weighted by Crippen LogP contribution is 2.28. The van der Waals surface area contributed by atoms with Crippen LogP contribution in [0.15, 0.2) is 85.2 Å². The van der Waals surface area contributed by atoms with Gasteiger partial charge >= 0.3 is 0 Å². The quantitative estimate of drug-likeness (QED) is 0.0427. The summed E-state index contributed by atoms with van der Waals surface area (Å²) < 4.78 is 0. The first-order valence-electron chi connectivity index (χ1n) is 44.1. The number of hydrogen-bond donors (Lipinski definition) is 17. The lowest BCUT2D eigenvalue weighted by molar-refractivity contribution is -0.150. The molecule has 20 N–H and O–H groups in total. The molecule has 0 radical (unpaired) electrons. The Morgan fingerprint density at radius 1 is 0.496 bits per heavy atom. The van der Waals surface area contributed by atoms with Gasteiger partial charge < -0.3 is 110 Å². The maximum Gasteiger partial charge on any atom is 0.246 e. The first kappa shape index (κ1) is 98.9. The van der Waals surface area contributed by atoms with E-state index in [4.69, 9.17) is 17.2 Å². The van der Waals surface area contributed by atoms with E-state index in [2.05, 4.69) is 63.1 Å². The number of nitrogens with zero attached hydrogens (tertiary/aromatic N) is 5. The van der Waals surface area contributed by atoms with Gasteiger partial charge in [-0.25, -0.2) is 0 Å². The molecule has 692 valence electrons. The van der Waals surface area contributed by atoms with E-state index in [0.29, 0.717) is 70.6 Å². The molecule has 0 spiro atoms. The van der Waals surface area contributed by atoms with E-state index in [0.717, 1.165) is 9.80 Å². The van der Waals surface area contributed by atoms with Gasteiger partial charge in [0, 0.05) is 94.2 Å². The van der Waals surface area contributed by atoms with Crippen molar-refractivity contribution in [1.29, 1.82) is 0 Å². The van der Waals surface area contributed by atoms with Crippen LogP contribution in [0, 0.1) is 11.8 Å². The van der Waals surface area contributed by atoms with Gasteiger partial charge in [-0.2, -0.15) is 0 Å². The Balaban J connectivity index is 1.06. The van der Waals surface area contributed by atoms with Gasteiger partial charge in [-0.1, -0.05) is 116 Å². The first-order valence-corrected chi connectivity index (χ1v) is 44.1. The predicted octanol–water partition coefficient (Wildman–Crippen LogP) is -0.810. The summed E-state index contributed by atoms with van der Waals surface area (Å²) in [7, 11) is 4.11. The number of primary amides is 1. The number of para-hydroxylation sites is 2. The van der Waals surface area contributed by atoms with Gasteiger partial charge in [0.1, 0.15) is 78.3 Å². The molecule has 2 bridgehead atoms. The normalized spacial score (nSPS) is 26.8. The molecule has 4 saturated heterocycles. The second kappa shape index (κ2) is 46.0. The van der Waals surface area contributed by atoms with Crippen molar-refractivity contribution in [3.63, 3.8) is 0 Å². The molecule has 0 aliphatic carbocycles. The molecule has 4 aliphatic heterocycles. The minimum absolute atomic E-state index is 0.0188. The number of unbranched alkanes of at least 4 members (excludes halogenated alkanes) is 2. The molecule has 38 heteroatoms. The number of aliphatic hydroxyl groups is 1. The highest BCUT2D eigenvalue weighted by atomic mass is 16.3. The molecule has 15 amide bonds. The summed E-state index contributed by atoms with van der Waals surface area (Å²) >= 11 is 0. The van der Waals surface area contributed by atoms with Crippen molar-refractivity contribution in [1.82, 2.24) is 87.6 Å². The van der Waals surface area contributed by atoms with E-state index in [-0.39, 0.29) is 114 Å². The Labute approximate surface area is 738 Å². The van der Waals surface area contributed by atoms with Crippen molar-refractivity contribution in [3.8, 4) is 5.75 Å². The van der Waals surface area contributed by atoms with Crippen molar-refractivity contribution in [3.05, 3.63) is 102 Å². The van der Waals surface area contributed by atoms with Crippen molar-refractivity contribution in [2.45, 2.75) is 261 Å². The maximum atomic E-state index is 15.7. The van der Waals surface area contributed by atoms with Crippen molar-refractivity contribution >= 4 is 116 Å². The van der Waals surface area contributed by atoms with Crippen LogP contribution in [-0.2, 0) is 96.0 Å². The molecule has 0 saturated carbocycles. The van der Waals surface area contributed by atoms with Crippen molar-refractivity contribution in [2.75, 3.05) is 53.9 Å². The highest BCUT2D eigenvalue weighted by Gasteiger charge is 2.48. The number of benzene rings is 3. The first-order chi connectivity index (χ1) is 60.5. The average Bonchev–Trinajstić information content (AvgIpc) is 1.76. The number of phenols is 1. The molecule has 127 heavy (non-hydrogen) atoms. The van der Waals surface area contributed by atoms with Crippen LogP contribution < -0.4 is 70.4 Å². The van der Waals surface area contributed by atoms with Gasteiger partial charge in [0.25, 0.3) is 0 Å². The van der Waals surface area contributed by atoms with Gasteiger partial charge in [0.05, 0.1) is 37.2 Å². The minimum atomic E-state index is -1.73. The molecule has 5 aromatic rings. The highest BCUT2D eigenvalue weighted by molar-refractivity contribution is 6.03. The lowest BCUT2D eigenvalue weighted by atomic mass is 9.94. The maximum absolute atomic E-state index is 15.7. The number of Topliss-reactive ketones (excluding diaryl/α,β-unsaturated/α-hetero) is 1. The third-order valence-electron chi connectivity index (χ3n) is 24.3. The molecule has 16 atom stereocenters. The number of phenolic OH excluding ortho intramolecular Hbond substituents is 1. The number of fused-ring (bicyclic) bond motifs is 6. The molecule has 2 aromatic heterocycles. The van der Waals surface area contributed by atoms with E-state index in [1.54, 1.807) is 56.6 Å². The molecular weight excluding hydrogens is 1640 g/mol. The Kier molecular flexibility index (Phi) is 35.8. The zero-order chi connectivity index (χ0) is 92.8. The summed E-state index contributed by atoms with van der Waals surface area (Å²) in [6, 6.07) is -1.05. The van der Waals surface area contributed by atoms with Gasteiger partial charge in [-0.05, 0) is 130 Å². The number of nitrogens with one attached hydrogen (secondary N) is 12. The number of hydrogen-bond acceptors (Lipinski definition) is 21. The fourth-order valence-corrected chi connectivity index (χ4v) is 17.1. The van der Waals surface area contributed by atoms with Gasteiger partial charge in [-0.3, -0.25) is 82.0 Å². The van der Waals surface area contributed by atoms with Crippen molar-refractivity contribution < 1.29 is 86.9 Å². The second-order valence-corrected chi connectivity index (χ2v) is 34.6. The van der Waals surface area contributed by atoms with Crippen molar-refractivity contribution in [2.24, 2.45) is 29.0 Å². The summed E-state index contributed by atoms with van der Waals surface area (Å²) in [5.41, 5.74) is 21.1. The fourth-order valence-electron chi connectivity index (χ4n) is 17.1. The van der Waals surface area contributed by atoms with E-state index < -0.39 is 211 Å². The summed E-state index contributed by atoms with van der Waals surface area (Å²) in [6.07, 6.45) is 2.77. The van der Waals surface area contributed by atoms with Crippen LogP contribution in [0.25, 0.3) is 21.8 Å². The summed E-state index contributed by atoms with van der Waals surface area (Å²) in [5.74, 6) is -14.0. The number of ketones is 1. The number of aromatic amines is 2. The van der Waals surface area contributed by atoms with Crippen LogP contribution >= 0.6 is 0 Å². The van der Waals surface area contributed by atoms with Gasteiger partial charge in [0.15, 0.2) is 5.78 Å². The van der Waals surface area contributed by atoms with E-state index in [9.17, 15) is 58.2 Å². The molecular formula is C89H128N20O18. The van der Waals surface area contributed by atoms with Gasteiger partial charge in [-0.15, -0.1) is 0 Å². The van der Waals surface area contributed by atoms with Crippen LogP contribution in [0.5, 0.6) is 5.75 Å². The summed E-state index contributed by atoms with van der Waals surface area (Å²) in [5, 5.41) is 50.7. The van der Waals surface area contributed by atoms with Gasteiger partial charge in [0.2, 0.25) is 88.6 Å². The monoisotopic (exact) mass is 1760 g/mol. The standard InChI is InChI=1S/C89H128N20O18/c1-11-13-25-68-83(121)103-63(38-49(5)6)87(125)108-35-19-27-69(108)82(120)95-47-74(113)96-64(39-51-29-31-54(110)32-30-51)85(123)105(8)50(7)77(115)101-66(43-73(92)112)88(126)109-36-20-28-70(109)84(122)104-67(44-91)81(119)99-60(37-48(3)4)76(114)75-72(111)42-62(97-75)80(118)100-61(40-52-45-93-57-23-17-15-21-55(52)57)79(117)98-59(33-34-90)78(116)102-65(41-53-46-94-58-24-18-16-22-56(53)58)86(124)107(10)71(26-14-12-2)89(127)106(68)9/h15-18,21-24,29-32,45-46,48-50,59-72,75,93-94,97,110-111H,11-14,19-20,25-28,33-44,47,90-91H2,1-10H3,(H2,92,112)(H,95,120)(H,96,113)(H,98,117)(H,99,119)(H,100,118)(H,101,115)(H,102,116)(H,103,121)(H,104,122)/t50-,59-,60-,61-,62-,63-,64-,65-,66-,67-,68-,69+,70-,71-,72+,75?/m0/s1. The Hall–Kier alpha value is -11.9. The number of nitrogens with two attached hydrogens (primary N) is 3. The predicted molar refractivity (Wildman–Crippen MR) is 470 cm³/mol. The Morgan fingerprint density at radius 2 is 0.976 bits per heavy atom. The molecule has 3 aromatic carbocycles. The lowest BCUT2D eigenvalue weighted by Gasteiger charge is -2.37. The largest absolute Gasteiger partial charge is 0.508 e. The Bertz CT molecular complexity index is 4770. The van der Waals surface area contributed by atoms with Crippen LogP contribution in [-0.4, -0.2) is 290 Å². The summed E-state index contributed by atoms with van der Waals surface area (Å²) in [6.45, 7) is 10.8. The van der Waals surface area contributed by atoms with E-state index in [1.807, 2.05) is 45.9 Å². The molecule has 1 unspecified atom stereocenters. The minimum Gasteiger partial charge on any atom is -0.508 e. The number of rotatable bonds is 21. The third-order valence-corrected chi connectivity index (χ3v) is 24.3. The number of carbonyl (C=O) groups excluding carboxylic acids is 16. The van der Waals surface area contributed by atoms with Crippen LogP contribution in [0.4, 0.5) is 0 Å². The average molecular weight is 1770 g/mol. The van der Waals surface area contributed by atoms with Crippen LogP contribution in [0.3, 0.4) is 0 Å². The zero-order valence-electron chi connectivity index (χ0n) is 74.1. The van der Waals surface area contributed by atoms with E-state index >= 15 is 28.8 Å². The van der Waals surface area contributed by atoms with Crippen LogP contribution in [0.1, 0.15) is 161 Å². The topological polar surface area (TPSA) is 560 Å².